The molecule has 0 aliphatic rings. The van der Waals surface area contributed by atoms with E-state index in [1.54, 1.807) is 16.8 Å². The van der Waals surface area contributed by atoms with E-state index in [9.17, 15) is 14.3 Å². The lowest BCUT2D eigenvalue weighted by Gasteiger charge is -2.16. The van der Waals surface area contributed by atoms with Crippen molar-refractivity contribution in [2.24, 2.45) is 0 Å². The number of nitrogens with one attached hydrogen (secondary N) is 1. The standard InChI is InChI=1S/C17H17FN4O2/c1-3-10(2)22-15(24)7-4-11-9-19-17(21-16(11)22)20-14-6-5-12(23)8-13(14)18/h4-10,23H,3H2,1-2H3,(H,19,20,21)/t10-/m0/s1. The first-order valence-corrected chi connectivity index (χ1v) is 7.63. The lowest BCUT2D eigenvalue weighted by Crippen LogP contribution is -2.23. The highest BCUT2D eigenvalue weighted by molar-refractivity contribution is 5.75. The van der Waals surface area contributed by atoms with Crippen LogP contribution in [0.1, 0.15) is 26.3 Å². The minimum absolute atomic E-state index is 0.0191. The molecule has 0 saturated carbocycles. The number of nitrogens with zero attached hydrogens (tertiary/aromatic N) is 3. The first-order valence-electron chi connectivity index (χ1n) is 7.63. The van der Waals surface area contributed by atoms with E-state index in [0.717, 1.165) is 17.9 Å². The predicted molar refractivity (Wildman–Crippen MR) is 90.1 cm³/mol. The van der Waals surface area contributed by atoms with Crippen LogP contribution in [0.5, 0.6) is 5.75 Å². The summed E-state index contributed by atoms with van der Waals surface area (Å²) in [5.41, 5.74) is 0.492. The molecule has 24 heavy (non-hydrogen) atoms. The molecular formula is C17H17FN4O2. The van der Waals surface area contributed by atoms with E-state index in [0.29, 0.717) is 5.65 Å². The lowest BCUT2D eigenvalue weighted by atomic mass is 10.2. The highest BCUT2D eigenvalue weighted by Crippen LogP contribution is 2.23. The van der Waals surface area contributed by atoms with Crippen molar-refractivity contribution in [3.8, 4) is 5.75 Å². The Morgan fingerprint density at radius 2 is 2.12 bits per heavy atom. The number of fused-ring (bicyclic) bond motifs is 1. The van der Waals surface area contributed by atoms with Crippen molar-refractivity contribution in [3.63, 3.8) is 0 Å². The number of hydrogen-bond donors (Lipinski definition) is 2. The van der Waals surface area contributed by atoms with Crippen molar-refractivity contribution in [1.29, 1.82) is 0 Å². The van der Waals surface area contributed by atoms with E-state index in [2.05, 4.69) is 15.3 Å². The van der Waals surface area contributed by atoms with Crippen LogP contribution in [0.15, 0.2) is 41.3 Å². The van der Waals surface area contributed by atoms with Gasteiger partial charge in [-0.2, -0.15) is 4.98 Å². The summed E-state index contributed by atoms with van der Waals surface area (Å²) >= 11 is 0. The second-order valence-corrected chi connectivity index (χ2v) is 5.56. The topological polar surface area (TPSA) is 80.0 Å². The summed E-state index contributed by atoms with van der Waals surface area (Å²) in [5.74, 6) is -0.607. The predicted octanol–water partition coefficient (Wildman–Crippen LogP) is 3.35. The second kappa shape index (κ2) is 6.27. The minimum atomic E-state index is -0.619. The molecule has 0 spiro atoms. The molecule has 2 heterocycles. The third-order valence-corrected chi connectivity index (χ3v) is 3.90. The van der Waals surface area contributed by atoms with E-state index in [-0.39, 0.29) is 29.0 Å². The number of rotatable bonds is 4. The van der Waals surface area contributed by atoms with E-state index < -0.39 is 5.82 Å². The van der Waals surface area contributed by atoms with Crippen LogP contribution in [-0.2, 0) is 0 Å². The van der Waals surface area contributed by atoms with Gasteiger partial charge < -0.3 is 10.4 Å². The number of halogens is 1. The third kappa shape index (κ3) is 2.92. The van der Waals surface area contributed by atoms with Gasteiger partial charge in [-0.25, -0.2) is 9.37 Å². The Hall–Kier alpha value is -2.96. The van der Waals surface area contributed by atoms with Gasteiger partial charge in [0.1, 0.15) is 17.2 Å². The number of aromatic nitrogens is 3. The van der Waals surface area contributed by atoms with E-state index in [4.69, 9.17) is 0 Å². The first kappa shape index (κ1) is 15.9. The zero-order valence-electron chi connectivity index (χ0n) is 13.3. The molecule has 0 aliphatic carbocycles. The van der Waals surface area contributed by atoms with Crippen molar-refractivity contribution >= 4 is 22.7 Å². The molecule has 0 unspecified atom stereocenters. The van der Waals surface area contributed by atoms with E-state index in [1.165, 1.54) is 18.2 Å². The number of phenols is 1. The summed E-state index contributed by atoms with van der Waals surface area (Å²) in [6, 6.07) is 6.89. The van der Waals surface area contributed by atoms with Crippen LogP contribution in [-0.4, -0.2) is 19.6 Å². The Labute approximate surface area is 137 Å². The molecule has 0 saturated heterocycles. The molecule has 2 N–H and O–H groups in total. The Morgan fingerprint density at radius 3 is 2.83 bits per heavy atom. The monoisotopic (exact) mass is 328 g/mol. The molecule has 124 valence electrons. The third-order valence-electron chi connectivity index (χ3n) is 3.90. The van der Waals surface area contributed by atoms with Crippen LogP contribution in [0.4, 0.5) is 16.0 Å². The Morgan fingerprint density at radius 1 is 1.33 bits per heavy atom. The molecule has 0 bridgehead atoms. The van der Waals surface area contributed by atoms with Gasteiger partial charge in [0, 0.05) is 29.8 Å². The maximum atomic E-state index is 13.8. The van der Waals surface area contributed by atoms with Crippen molar-refractivity contribution in [3.05, 3.63) is 52.7 Å². The normalized spacial score (nSPS) is 12.3. The van der Waals surface area contributed by atoms with Crippen LogP contribution in [0.3, 0.4) is 0 Å². The molecule has 1 aromatic carbocycles. The quantitative estimate of drug-likeness (QED) is 0.718. The number of phenolic OH excluding ortho intramolecular Hbond substituents is 1. The van der Waals surface area contributed by atoms with Crippen molar-refractivity contribution in [1.82, 2.24) is 14.5 Å². The number of benzene rings is 1. The van der Waals surface area contributed by atoms with Gasteiger partial charge in [0.15, 0.2) is 0 Å². The van der Waals surface area contributed by atoms with Crippen LogP contribution in [0, 0.1) is 5.82 Å². The smallest absolute Gasteiger partial charge is 0.252 e. The molecule has 0 aliphatic heterocycles. The number of anilines is 2. The average Bonchev–Trinajstić information content (AvgIpc) is 2.56. The maximum absolute atomic E-state index is 13.8. The zero-order valence-corrected chi connectivity index (χ0v) is 13.3. The fourth-order valence-corrected chi connectivity index (χ4v) is 2.43. The van der Waals surface area contributed by atoms with Gasteiger partial charge in [0.2, 0.25) is 5.95 Å². The molecular weight excluding hydrogens is 311 g/mol. The van der Waals surface area contributed by atoms with Gasteiger partial charge in [-0.1, -0.05) is 6.92 Å². The van der Waals surface area contributed by atoms with Crippen LogP contribution in [0.25, 0.3) is 11.0 Å². The van der Waals surface area contributed by atoms with E-state index >= 15 is 0 Å². The Balaban J connectivity index is 2.08. The fourth-order valence-electron chi connectivity index (χ4n) is 2.43. The number of pyridine rings is 1. The van der Waals surface area contributed by atoms with Crippen molar-refractivity contribution < 1.29 is 9.50 Å². The van der Waals surface area contributed by atoms with Gasteiger partial charge in [-0.3, -0.25) is 9.36 Å². The molecule has 0 radical (unpaired) electrons. The summed E-state index contributed by atoms with van der Waals surface area (Å²) in [4.78, 5) is 20.7. The van der Waals surface area contributed by atoms with E-state index in [1.807, 2.05) is 13.8 Å². The number of aromatic hydroxyl groups is 1. The molecule has 6 nitrogen and oxygen atoms in total. The Kier molecular flexibility index (Phi) is 4.16. The second-order valence-electron chi connectivity index (χ2n) is 5.56. The van der Waals surface area contributed by atoms with Gasteiger partial charge >= 0.3 is 0 Å². The SMILES string of the molecule is CC[C@H](C)n1c(=O)ccc2cnc(Nc3ccc(O)cc3F)nc21. The van der Waals surface area contributed by atoms with Gasteiger partial charge in [0.05, 0.1) is 5.69 Å². The summed E-state index contributed by atoms with van der Waals surface area (Å²) < 4.78 is 15.4. The largest absolute Gasteiger partial charge is 0.508 e. The maximum Gasteiger partial charge on any atom is 0.252 e. The molecule has 7 heteroatoms. The van der Waals surface area contributed by atoms with Gasteiger partial charge in [-0.05, 0) is 31.5 Å². The molecule has 1 atom stereocenters. The fraction of sp³-hybridized carbons (Fsp3) is 0.235. The van der Waals surface area contributed by atoms with Crippen LogP contribution >= 0.6 is 0 Å². The molecule has 2 aromatic heterocycles. The minimum Gasteiger partial charge on any atom is -0.508 e. The van der Waals surface area contributed by atoms with Gasteiger partial charge in [-0.15, -0.1) is 0 Å². The first-order chi connectivity index (χ1) is 11.5. The zero-order chi connectivity index (χ0) is 17.3. The average molecular weight is 328 g/mol. The summed E-state index contributed by atoms with van der Waals surface area (Å²) in [5, 5.41) is 12.8. The molecule has 3 aromatic rings. The summed E-state index contributed by atoms with van der Waals surface area (Å²) in [6.07, 6.45) is 2.36. The number of hydrogen-bond acceptors (Lipinski definition) is 5. The van der Waals surface area contributed by atoms with Gasteiger partial charge in [0.25, 0.3) is 5.56 Å². The van der Waals surface area contributed by atoms with Crippen LogP contribution < -0.4 is 10.9 Å². The lowest BCUT2D eigenvalue weighted by molar-refractivity contribution is 0.469. The molecule has 0 fully saturated rings. The highest BCUT2D eigenvalue weighted by atomic mass is 19.1. The summed E-state index contributed by atoms with van der Waals surface area (Å²) in [6.45, 7) is 3.93. The summed E-state index contributed by atoms with van der Waals surface area (Å²) in [7, 11) is 0. The Bertz CT molecular complexity index is 955. The van der Waals surface area contributed by atoms with Crippen molar-refractivity contribution in [2.75, 3.05) is 5.32 Å². The molecule has 3 rings (SSSR count). The van der Waals surface area contributed by atoms with Crippen LogP contribution in [0.2, 0.25) is 0 Å². The molecule has 0 amide bonds. The van der Waals surface area contributed by atoms with Crippen molar-refractivity contribution in [2.45, 2.75) is 26.3 Å². The highest BCUT2D eigenvalue weighted by Gasteiger charge is 2.12.